The van der Waals surface area contributed by atoms with Gasteiger partial charge in [-0.15, -0.1) is 11.3 Å². The molecule has 1 unspecified atom stereocenters. The second-order valence-corrected chi connectivity index (χ2v) is 9.27. The van der Waals surface area contributed by atoms with Crippen LogP contribution in [0.1, 0.15) is 27.6 Å². The Hall–Kier alpha value is -2.80. The molecule has 1 saturated heterocycles. The van der Waals surface area contributed by atoms with E-state index in [1.807, 2.05) is 49.6 Å². The van der Waals surface area contributed by atoms with Crippen LogP contribution in [0.25, 0.3) is 5.76 Å². The molecule has 5 nitrogen and oxygen atoms in total. The number of thiophene rings is 1. The van der Waals surface area contributed by atoms with Gasteiger partial charge in [-0.2, -0.15) is 0 Å². The number of ether oxygens (including phenoxy) is 1. The minimum atomic E-state index is -0.807. The number of hydrogen-bond donors (Lipinski definition) is 1. The van der Waals surface area contributed by atoms with Crippen molar-refractivity contribution in [2.24, 2.45) is 0 Å². The largest absolute Gasteiger partial charge is 0.507 e. The van der Waals surface area contributed by atoms with E-state index in [1.54, 1.807) is 0 Å². The molecule has 0 spiro atoms. The molecule has 0 aliphatic carbocycles. The molecular formula is C24H19Cl2NO4S. The average molecular weight is 488 g/mol. The predicted molar refractivity (Wildman–Crippen MR) is 128 cm³/mol. The van der Waals surface area contributed by atoms with Gasteiger partial charge in [0.2, 0.25) is 0 Å². The number of methoxy groups -OCH3 is 1. The van der Waals surface area contributed by atoms with Crippen LogP contribution in [0.2, 0.25) is 10.0 Å². The summed E-state index contributed by atoms with van der Waals surface area (Å²) < 4.78 is 5.35. The molecule has 1 N–H and O–H groups in total. The van der Waals surface area contributed by atoms with Gasteiger partial charge in [0.15, 0.2) is 0 Å². The fourth-order valence-electron chi connectivity index (χ4n) is 3.86. The van der Waals surface area contributed by atoms with Gasteiger partial charge >= 0.3 is 0 Å². The van der Waals surface area contributed by atoms with Gasteiger partial charge in [0.25, 0.3) is 11.7 Å². The predicted octanol–water partition coefficient (Wildman–Crippen LogP) is 6.31. The number of nitrogens with zero attached hydrogens (tertiary/aromatic N) is 1. The molecule has 0 saturated carbocycles. The van der Waals surface area contributed by atoms with Gasteiger partial charge in [0, 0.05) is 15.6 Å². The van der Waals surface area contributed by atoms with Crippen LogP contribution in [-0.2, 0) is 9.59 Å². The fraction of sp³-hybridized carbons (Fsp3) is 0.167. The molecule has 1 aliphatic heterocycles. The van der Waals surface area contributed by atoms with E-state index in [9.17, 15) is 14.7 Å². The third-order valence-corrected chi connectivity index (χ3v) is 6.77. The van der Waals surface area contributed by atoms with Crippen LogP contribution in [0.15, 0.2) is 53.4 Å². The number of benzene rings is 2. The Labute approximate surface area is 199 Å². The van der Waals surface area contributed by atoms with E-state index in [1.165, 1.54) is 35.5 Å². The van der Waals surface area contributed by atoms with Crippen LogP contribution >= 0.6 is 34.5 Å². The van der Waals surface area contributed by atoms with Crippen molar-refractivity contribution in [2.45, 2.75) is 19.9 Å². The van der Waals surface area contributed by atoms with Crippen LogP contribution in [-0.4, -0.2) is 23.9 Å². The van der Waals surface area contributed by atoms with Gasteiger partial charge in [-0.1, -0.05) is 41.4 Å². The van der Waals surface area contributed by atoms with Crippen molar-refractivity contribution < 1.29 is 19.4 Å². The van der Waals surface area contributed by atoms with E-state index < -0.39 is 23.5 Å². The number of anilines is 1. The van der Waals surface area contributed by atoms with Gasteiger partial charge < -0.3 is 9.84 Å². The first-order valence-corrected chi connectivity index (χ1v) is 11.3. The number of rotatable bonds is 4. The van der Waals surface area contributed by atoms with Gasteiger partial charge in [-0.25, -0.2) is 0 Å². The standard InChI is InChI=1S/C24H19Cl2NO4S/c1-12-6-7-13(2)17(9-12)27-20(18-5-4-8-32-18)19(22(29)24(27)30)21(28)15-10-14(25)11-16(26)23(15)31-3/h4-11,20,28H,1-3H3/b21-19-. The molecule has 0 bridgehead atoms. The van der Waals surface area contributed by atoms with Crippen molar-refractivity contribution in [3.8, 4) is 5.75 Å². The summed E-state index contributed by atoms with van der Waals surface area (Å²) in [7, 11) is 1.40. The molecule has 1 aliphatic rings. The first kappa shape index (κ1) is 22.4. The number of ketones is 1. The highest BCUT2D eigenvalue weighted by atomic mass is 35.5. The minimum Gasteiger partial charge on any atom is -0.507 e. The Morgan fingerprint density at radius 2 is 1.88 bits per heavy atom. The molecule has 2 heterocycles. The topological polar surface area (TPSA) is 66.8 Å². The molecular weight excluding hydrogens is 469 g/mol. The van der Waals surface area contributed by atoms with Crippen LogP contribution in [0.3, 0.4) is 0 Å². The quantitative estimate of drug-likeness (QED) is 0.266. The van der Waals surface area contributed by atoms with Crippen LogP contribution in [0.5, 0.6) is 5.75 Å². The summed E-state index contributed by atoms with van der Waals surface area (Å²) in [5.41, 5.74) is 2.49. The number of aliphatic hydroxyl groups is 1. The molecule has 1 amide bonds. The lowest BCUT2D eigenvalue weighted by Crippen LogP contribution is -2.29. The zero-order valence-electron chi connectivity index (χ0n) is 17.5. The number of carbonyl (C=O) groups is 2. The van der Waals surface area contributed by atoms with Crippen molar-refractivity contribution >= 4 is 57.7 Å². The van der Waals surface area contributed by atoms with E-state index in [4.69, 9.17) is 27.9 Å². The Morgan fingerprint density at radius 1 is 1.12 bits per heavy atom. The van der Waals surface area contributed by atoms with E-state index in [-0.39, 0.29) is 26.9 Å². The Bertz CT molecular complexity index is 1270. The molecule has 3 aromatic rings. The zero-order chi connectivity index (χ0) is 23.2. The summed E-state index contributed by atoms with van der Waals surface area (Å²) in [5.74, 6) is -1.74. The second-order valence-electron chi connectivity index (χ2n) is 7.44. The fourth-order valence-corrected chi connectivity index (χ4v) is 5.26. The van der Waals surface area contributed by atoms with E-state index >= 15 is 0 Å². The van der Waals surface area contributed by atoms with Crippen molar-refractivity contribution in [2.75, 3.05) is 12.0 Å². The van der Waals surface area contributed by atoms with Crippen molar-refractivity contribution in [1.29, 1.82) is 0 Å². The van der Waals surface area contributed by atoms with Gasteiger partial charge in [-0.05, 0) is 54.6 Å². The summed E-state index contributed by atoms with van der Waals surface area (Å²) in [6.45, 7) is 3.79. The monoisotopic (exact) mass is 487 g/mol. The number of aryl methyl sites for hydroxylation is 2. The number of halogens is 2. The maximum Gasteiger partial charge on any atom is 0.300 e. The summed E-state index contributed by atoms with van der Waals surface area (Å²) in [5, 5.41) is 13.6. The number of aliphatic hydroxyl groups excluding tert-OH is 1. The van der Waals surface area contributed by atoms with Crippen LogP contribution < -0.4 is 9.64 Å². The molecule has 32 heavy (non-hydrogen) atoms. The van der Waals surface area contributed by atoms with Crippen molar-refractivity contribution in [3.63, 3.8) is 0 Å². The van der Waals surface area contributed by atoms with Gasteiger partial charge in [0.1, 0.15) is 17.6 Å². The SMILES string of the molecule is COc1c(Cl)cc(Cl)cc1/C(O)=C1/C(=O)C(=O)N(c2cc(C)ccc2C)C1c1cccs1. The number of hydrogen-bond acceptors (Lipinski definition) is 5. The zero-order valence-corrected chi connectivity index (χ0v) is 19.8. The van der Waals surface area contributed by atoms with Crippen molar-refractivity contribution in [1.82, 2.24) is 0 Å². The first-order valence-electron chi connectivity index (χ1n) is 9.69. The Kier molecular flexibility index (Phi) is 6.03. The lowest BCUT2D eigenvalue weighted by atomic mass is 9.98. The number of carbonyl (C=O) groups excluding carboxylic acids is 2. The number of Topliss-reactive ketones (excluding diaryl/α,β-unsaturated/α-hetero) is 1. The highest BCUT2D eigenvalue weighted by molar-refractivity contribution is 7.10. The lowest BCUT2D eigenvalue weighted by Gasteiger charge is -2.26. The molecule has 1 fully saturated rings. The van der Waals surface area contributed by atoms with Crippen molar-refractivity contribution in [3.05, 3.63) is 85.0 Å². The molecule has 2 aromatic carbocycles. The summed E-state index contributed by atoms with van der Waals surface area (Å²) in [4.78, 5) is 28.7. The van der Waals surface area contributed by atoms with Gasteiger partial charge in [0.05, 0.1) is 23.3 Å². The highest BCUT2D eigenvalue weighted by Gasteiger charge is 2.48. The second kappa shape index (κ2) is 8.62. The van der Waals surface area contributed by atoms with E-state index in [2.05, 4.69) is 0 Å². The van der Waals surface area contributed by atoms with Gasteiger partial charge in [-0.3, -0.25) is 14.5 Å². The third kappa shape index (κ3) is 3.68. The Balaban J connectivity index is 2.01. The maximum absolute atomic E-state index is 13.3. The summed E-state index contributed by atoms with van der Waals surface area (Å²) >= 11 is 13.8. The molecule has 0 radical (unpaired) electrons. The summed E-state index contributed by atoms with van der Waals surface area (Å²) in [6.07, 6.45) is 0. The lowest BCUT2D eigenvalue weighted by molar-refractivity contribution is -0.132. The molecule has 8 heteroatoms. The normalized spacial score (nSPS) is 17.8. The number of amides is 1. The first-order chi connectivity index (χ1) is 15.2. The third-order valence-electron chi connectivity index (χ3n) is 5.35. The minimum absolute atomic E-state index is 0.0463. The van der Waals surface area contributed by atoms with E-state index in [0.29, 0.717) is 5.69 Å². The smallest absolute Gasteiger partial charge is 0.300 e. The highest BCUT2D eigenvalue weighted by Crippen LogP contribution is 2.46. The van der Waals surface area contributed by atoms with E-state index in [0.717, 1.165) is 16.0 Å². The molecule has 4 rings (SSSR count). The Morgan fingerprint density at radius 3 is 2.53 bits per heavy atom. The van der Waals surface area contributed by atoms with Crippen LogP contribution in [0, 0.1) is 13.8 Å². The summed E-state index contributed by atoms with van der Waals surface area (Å²) in [6, 6.07) is 11.5. The molecule has 1 atom stereocenters. The average Bonchev–Trinajstić information content (AvgIpc) is 3.36. The molecule has 1 aromatic heterocycles. The van der Waals surface area contributed by atoms with Crippen LogP contribution in [0.4, 0.5) is 5.69 Å². The maximum atomic E-state index is 13.3. The molecule has 164 valence electrons.